The zero-order valence-electron chi connectivity index (χ0n) is 14.9. The van der Waals surface area contributed by atoms with Crippen molar-refractivity contribution >= 4 is 38.4 Å². The normalized spacial score (nSPS) is 11.9. The number of carbonyl (C=O) groups is 2. The van der Waals surface area contributed by atoms with Crippen molar-refractivity contribution in [2.75, 3.05) is 17.1 Å². The van der Waals surface area contributed by atoms with Gasteiger partial charge in [0.15, 0.2) is 10.9 Å². The van der Waals surface area contributed by atoms with Crippen LogP contribution in [0.2, 0.25) is 0 Å². The van der Waals surface area contributed by atoms with E-state index >= 15 is 0 Å². The summed E-state index contributed by atoms with van der Waals surface area (Å²) in [4.78, 5) is 22.8. The molecule has 0 N–H and O–H groups in total. The number of anilines is 1. The summed E-state index contributed by atoms with van der Waals surface area (Å²) in [5, 5.41) is -0.263. The van der Waals surface area contributed by atoms with Gasteiger partial charge < -0.3 is 0 Å². The molecule has 0 aliphatic carbocycles. The number of hydrogen-bond acceptors (Lipinski definition) is 5. The SMILES string of the molecule is CC(=O)SCC(=O)c1cccc(S(=O)(=O)N(C)c2ccccc2C(F)(F)F)c1. The van der Waals surface area contributed by atoms with Crippen molar-refractivity contribution in [3.8, 4) is 0 Å². The van der Waals surface area contributed by atoms with Gasteiger partial charge in [0.05, 0.1) is 21.9 Å². The number of nitrogens with zero attached hydrogens (tertiary/aromatic N) is 1. The van der Waals surface area contributed by atoms with E-state index in [4.69, 9.17) is 0 Å². The number of para-hydroxylation sites is 1. The summed E-state index contributed by atoms with van der Waals surface area (Å²) in [6, 6.07) is 9.29. The van der Waals surface area contributed by atoms with E-state index < -0.39 is 33.2 Å². The molecule has 0 saturated heterocycles. The molecule has 0 atom stereocenters. The summed E-state index contributed by atoms with van der Waals surface area (Å²) in [7, 11) is -3.34. The lowest BCUT2D eigenvalue weighted by molar-refractivity contribution is -0.137. The van der Waals surface area contributed by atoms with Gasteiger partial charge in [0.2, 0.25) is 0 Å². The fourth-order valence-electron chi connectivity index (χ4n) is 2.36. The van der Waals surface area contributed by atoms with Gasteiger partial charge in [0, 0.05) is 19.5 Å². The Bertz CT molecular complexity index is 1000. The first-order valence-electron chi connectivity index (χ1n) is 7.86. The molecule has 0 amide bonds. The van der Waals surface area contributed by atoms with E-state index in [1.165, 1.54) is 37.3 Å². The Hall–Kier alpha value is -2.33. The maximum atomic E-state index is 13.2. The van der Waals surface area contributed by atoms with Crippen LogP contribution in [0.3, 0.4) is 0 Å². The van der Waals surface area contributed by atoms with Crippen LogP contribution in [-0.4, -0.2) is 32.1 Å². The van der Waals surface area contributed by atoms with Crippen molar-refractivity contribution in [2.45, 2.75) is 18.0 Å². The average molecular weight is 431 g/mol. The fraction of sp³-hybridized carbons (Fsp3) is 0.222. The first kappa shape index (κ1) is 22.0. The molecule has 2 aromatic rings. The van der Waals surface area contributed by atoms with Crippen LogP contribution in [0.25, 0.3) is 0 Å². The summed E-state index contributed by atoms with van der Waals surface area (Å²) in [6.07, 6.45) is -4.73. The van der Waals surface area contributed by atoms with Crippen molar-refractivity contribution < 1.29 is 31.2 Å². The van der Waals surface area contributed by atoms with Gasteiger partial charge in [-0.2, -0.15) is 13.2 Å². The standard InChI is InChI=1S/C18H16F3NO4S2/c1-12(23)27-11-17(24)13-6-5-7-14(10-13)28(25,26)22(2)16-9-4-3-8-15(16)18(19,20)21/h3-10H,11H2,1-2H3. The first-order valence-corrected chi connectivity index (χ1v) is 10.3. The second kappa shape index (κ2) is 8.36. The van der Waals surface area contributed by atoms with E-state index in [2.05, 4.69) is 0 Å². The van der Waals surface area contributed by atoms with Crippen LogP contribution < -0.4 is 4.31 Å². The van der Waals surface area contributed by atoms with Gasteiger partial charge in [-0.3, -0.25) is 13.9 Å². The number of Topliss-reactive ketones (excluding diaryl/α,β-unsaturated/α-hetero) is 1. The Labute approximate surface area is 164 Å². The number of thioether (sulfide) groups is 1. The summed E-state index contributed by atoms with van der Waals surface area (Å²) in [5.41, 5.74) is -1.57. The highest BCUT2D eigenvalue weighted by molar-refractivity contribution is 8.14. The minimum atomic E-state index is -4.73. The first-order chi connectivity index (χ1) is 12.9. The predicted molar refractivity (Wildman–Crippen MR) is 101 cm³/mol. The smallest absolute Gasteiger partial charge is 0.293 e. The van der Waals surface area contributed by atoms with Crippen LogP contribution in [-0.2, 0) is 21.0 Å². The number of alkyl halides is 3. The number of carbonyl (C=O) groups excluding carboxylic acids is 2. The summed E-state index contributed by atoms with van der Waals surface area (Å²) >= 11 is 0.782. The lowest BCUT2D eigenvalue weighted by Gasteiger charge is -2.23. The number of hydrogen-bond donors (Lipinski definition) is 0. The second-order valence-electron chi connectivity index (χ2n) is 5.72. The molecule has 5 nitrogen and oxygen atoms in total. The molecule has 2 rings (SSSR count). The molecule has 0 fully saturated rings. The molecule has 0 aromatic heterocycles. The van der Waals surface area contributed by atoms with Gasteiger partial charge in [-0.05, 0) is 24.3 Å². The van der Waals surface area contributed by atoms with Crippen LogP contribution in [0.4, 0.5) is 18.9 Å². The highest BCUT2D eigenvalue weighted by Crippen LogP contribution is 2.37. The highest BCUT2D eigenvalue weighted by atomic mass is 32.2. The summed E-state index contributed by atoms with van der Waals surface area (Å²) < 4.78 is 65.9. The minimum Gasteiger partial charge on any atom is -0.293 e. The lowest BCUT2D eigenvalue weighted by Crippen LogP contribution is -2.29. The Morgan fingerprint density at radius 3 is 2.32 bits per heavy atom. The number of ketones is 1. The lowest BCUT2D eigenvalue weighted by atomic mass is 10.1. The molecular weight excluding hydrogens is 415 g/mol. The molecule has 0 aliphatic rings. The van der Waals surface area contributed by atoms with Crippen molar-refractivity contribution in [1.82, 2.24) is 0 Å². The van der Waals surface area contributed by atoms with Crippen LogP contribution in [0.15, 0.2) is 53.4 Å². The Morgan fingerprint density at radius 2 is 1.71 bits per heavy atom. The maximum Gasteiger partial charge on any atom is 0.418 e. The van der Waals surface area contributed by atoms with Crippen molar-refractivity contribution in [3.05, 3.63) is 59.7 Å². The summed E-state index contributed by atoms with van der Waals surface area (Å²) in [6.45, 7) is 1.30. The van der Waals surface area contributed by atoms with E-state index in [0.29, 0.717) is 4.31 Å². The van der Waals surface area contributed by atoms with E-state index in [1.807, 2.05) is 0 Å². The van der Waals surface area contributed by atoms with Gasteiger partial charge >= 0.3 is 6.18 Å². The van der Waals surface area contributed by atoms with E-state index in [1.54, 1.807) is 0 Å². The van der Waals surface area contributed by atoms with Crippen molar-refractivity contribution in [3.63, 3.8) is 0 Å². The zero-order chi connectivity index (χ0) is 21.1. The van der Waals surface area contributed by atoms with Gasteiger partial charge in [0.1, 0.15) is 0 Å². The molecular formula is C18H16F3NO4S2. The molecule has 0 unspecified atom stereocenters. The van der Waals surface area contributed by atoms with E-state index in [0.717, 1.165) is 37.0 Å². The summed E-state index contributed by atoms with van der Waals surface area (Å²) in [5.74, 6) is -0.624. The molecule has 0 bridgehead atoms. The highest BCUT2D eigenvalue weighted by Gasteiger charge is 2.36. The third kappa shape index (κ3) is 4.93. The number of sulfonamides is 1. The van der Waals surface area contributed by atoms with Crippen LogP contribution in [0.5, 0.6) is 0 Å². The van der Waals surface area contributed by atoms with E-state index in [-0.39, 0.29) is 21.3 Å². The maximum absolute atomic E-state index is 13.2. The third-order valence-corrected chi connectivity index (χ3v) is 6.35. The van der Waals surface area contributed by atoms with Crippen molar-refractivity contribution in [2.24, 2.45) is 0 Å². The quantitative estimate of drug-likeness (QED) is 0.647. The Morgan fingerprint density at radius 1 is 1.07 bits per heavy atom. The predicted octanol–water partition coefficient (Wildman–Crippen LogP) is 3.99. The number of rotatable bonds is 6. The van der Waals surface area contributed by atoms with Crippen LogP contribution in [0.1, 0.15) is 22.8 Å². The molecule has 150 valence electrons. The van der Waals surface area contributed by atoms with Gasteiger partial charge in [-0.15, -0.1) is 0 Å². The molecule has 28 heavy (non-hydrogen) atoms. The average Bonchev–Trinajstić information content (AvgIpc) is 2.64. The van der Waals surface area contributed by atoms with Gasteiger partial charge in [0.25, 0.3) is 10.0 Å². The fourth-order valence-corrected chi connectivity index (χ4v) is 4.12. The van der Waals surface area contributed by atoms with Crippen LogP contribution in [0, 0.1) is 0 Å². The van der Waals surface area contributed by atoms with Gasteiger partial charge in [-0.25, -0.2) is 8.42 Å². The molecule has 10 heteroatoms. The van der Waals surface area contributed by atoms with Crippen molar-refractivity contribution in [1.29, 1.82) is 0 Å². The molecule has 0 spiro atoms. The molecule has 0 aliphatic heterocycles. The monoisotopic (exact) mass is 431 g/mol. The molecule has 0 heterocycles. The second-order valence-corrected chi connectivity index (χ2v) is 8.84. The largest absolute Gasteiger partial charge is 0.418 e. The Kier molecular flexibility index (Phi) is 6.56. The molecule has 0 radical (unpaired) electrons. The number of benzene rings is 2. The van der Waals surface area contributed by atoms with Gasteiger partial charge in [-0.1, -0.05) is 36.0 Å². The van der Waals surface area contributed by atoms with E-state index in [9.17, 15) is 31.2 Å². The third-order valence-electron chi connectivity index (χ3n) is 3.77. The Balaban J connectivity index is 2.42. The minimum absolute atomic E-state index is 0.0485. The van der Waals surface area contributed by atoms with Crippen LogP contribution >= 0.6 is 11.8 Å². The topological polar surface area (TPSA) is 71.5 Å². The zero-order valence-corrected chi connectivity index (χ0v) is 16.5. The molecule has 0 saturated carbocycles. The number of halogens is 3. The molecule has 2 aromatic carbocycles.